The number of hydrogen-bond donors (Lipinski definition) is 2. The fourth-order valence-electron chi connectivity index (χ4n) is 2.22. The maximum absolute atomic E-state index is 9.79. The Morgan fingerprint density at radius 2 is 2.12 bits per heavy atom. The van der Waals surface area contributed by atoms with Crippen LogP contribution in [0.15, 0.2) is 0 Å². The van der Waals surface area contributed by atoms with Crippen molar-refractivity contribution in [2.45, 2.75) is 31.9 Å². The quantitative estimate of drug-likeness (QED) is 0.711. The van der Waals surface area contributed by atoms with Gasteiger partial charge in [0.2, 0.25) is 0 Å². The second kappa shape index (κ2) is 5.96. The van der Waals surface area contributed by atoms with Gasteiger partial charge in [0.1, 0.15) is 0 Å². The maximum Gasteiger partial charge on any atom is 0.0791 e. The van der Waals surface area contributed by atoms with Crippen LogP contribution in [0.5, 0.6) is 0 Å². The third kappa shape index (κ3) is 5.25. The lowest BCUT2D eigenvalue weighted by Crippen LogP contribution is -2.46. The van der Waals surface area contributed by atoms with E-state index in [0.717, 1.165) is 32.6 Å². The van der Waals surface area contributed by atoms with Gasteiger partial charge < -0.3 is 15.3 Å². The summed E-state index contributed by atoms with van der Waals surface area (Å²) in [7, 11) is 4.20. The van der Waals surface area contributed by atoms with Crippen molar-refractivity contribution in [2.75, 3.05) is 46.8 Å². The summed E-state index contributed by atoms with van der Waals surface area (Å²) in [6, 6.07) is 0. The maximum atomic E-state index is 9.79. The Morgan fingerprint density at radius 3 is 2.75 bits per heavy atom. The number of hydrogen-bond acceptors (Lipinski definition) is 4. The molecule has 0 spiro atoms. The molecule has 0 aromatic heterocycles. The monoisotopic (exact) mass is 229 g/mol. The molecule has 1 aliphatic heterocycles. The molecule has 96 valence electrons. The first-order valence-corrected chi connectivity index (χ1v) is 6.19. The lowest BCUT2D eigenvalue weighted by Gasteiger charge is -2.30. The van der Waals surface area contributed by atoms with E-state index in [4.69, 9.17) is 0 Å². The van der Waals surface area contributed by atoms with E-state index in [-0.39, 0.29) is 11.6 Å². The van der Waals surface area contributed by atoms with Crippen LogP contribution in [0.2, 0.25) is 0 Å². The topological polar surface area (TPSA) is 38.7 Å². The molecule has 1 saturated heterocycles. The first-order valence-electron chi connectivity index (χ1n) is 6.19. The molecule has 1 unspecified atom stereocenters. The third-order valence-electron chi connectivity index (χ3n) is 2.98. The Labute approximate surface area is 99.6 Å². The summed E-state index contributed by atoms with van der Waals surface area (Å²) in [6.07, 6.45) is 0.927. The first kappa shape index (κ1) is 13.9. The molecule has 1 rings (SSSR count). The van der Waals surface area contributed by atoms with E-state index in [1.807, 2.05) is 0 Å². The Hall–Kier alpha value is -0.160. The highest BCUT2D eigenvalue weighted by Gasteiger charge is 2.27. The van der Waals surface area contributed by atoms with Crippen molar-refractivity contribution in [1.29, 1.82) is 0 Å². The number of nitrogens with zero attached hydrogens (tertiary/aromatic N) is 2. The first-order chi connectivity index (χ1) is 7.39. The predicted molar refractivity (Wildman–Crippen MR) is 67.7 cm³/mol. The number of aliphatic hydroxyl groups excluding tert-OH is 1. The predicted octanol–water partition coefficient (Wildman–Crippen LogP) is -0.0172. The van der Waals surface area contributed by atoms with Gasteiger partial charge in [0, 0.05) is 25.2 Å². The smallest absolute Gasteiger partial charge is 0.0791 e. The number of β-amino-alcohol motifs (C(OH)–C–C–N with tert-alkyl or cyclic N) is 1. The van der Waals surface area contributed by atoms with Crippen molar-refractivity contribution in [3.63, 3.8) is 0 Å². The van der Waals surface area contributed by atoms with Gasteiger partial charge in [-0.1, -0.05) is 0 Å². The van der Waals surface area contributed by atoms with Gasteiger partial charge >= 0.3 is 0 Å². The van der Waals surface area contributed by atoms with E-state index in [2.05, 4.69) is 43.1 Å². The lowest BCUT2D eigenvalue weighted by molar-refractivity contribution is 0.126. The van der Waals surface area contributed by atoms with Gasteiger partial charge in [-0.25, -0.2) is 0 Å². The molecule has 16 heavy (non-hydrogen) atoms. The van der Waals surface area contributed by atoms with Gasteiger partial charge in [-0.05, 0) is 47.5 Å². The van der Waals surface area contributed by atoms with Crippen molar-refractivity contribution < 1.29 is 5.11 Å². The highest BCUT2D eigenvalue weighted by atomic mass is 16.3. The van der Waals surface area contributed by atoms with Crippen LogP contribution >= 0.6 is 0 Å². The molecule has 1 fully saturated rings. The number of aliphatic hydroxyl groups is 1. The second-order valence-corrected chi connectivity index (χ2v) is 5.81. The molecule has 1 atom stereocenters. The SMILES string of the molecule is CN(C)CCCN1CC(O)CNC(C)(C)C1. The Bertz CT molecular complexity index is 206. The van der Waals surface area contributed by atoms with E-state index in [9.17, 15) is 5.11 Å². The molecular formula is C12H27N3O. The molecule has 0 radical (unpaired) electrons. The number of nitrogens with one attached hydrogen (secondary N) is 1. The minimum absolute atomic E-state index is 0.107. The van der Waals surface area contributed by atoms with Crippen molar-refractivity contribution in [1.82, 2.24) is 15.1 Å². The van der Waals surface area contributed by atoms with Crippen LogP contribution in [-0.2, 0) is 0 Å². The molecule has 1 aliphatic rings. The van der Waals surface area contributed by atoms with Gasteiger partial charge in [0.15, 0.2) is 0 Å². The summed E-state index contributed by atoms with van der Waals surface area (Å²) in [4.78, 5) is 4.58. The van der Waals surface area contributed by atoms with Crippen LogP contribution in [0.25, 0.3) is 0 Å². The van der Waals surface area contributed by atoms with Crippen LogP contribution in [0.1, 0.15) is 20.3 Å². The highest BCUT2D eigenvalue weighted by Crippen LogP contribution is 2.11. The minimum Gasteiger partial charge on any atom is -0.390 e. The van der Waals surface area contributed by atoms with Gasteiger partial charge in [0.05, 0.1) is 6.10 Å². The molecule has 0 aliphatic carbocycles. The zero-order chi connectivity index (χ0) is 12.2. The third-order valence-corrected chi connectivity index (χ3v) is 2.98. The summed E-state index contributed by atoms with van der Waals surface area (Å²) in [5.74, 6) is 0. The summed E-state index contributed by atoms with van der Waals surface area (Å²) in [6.45, 7) is 9.09. The zero-order valence-electron chi connectivity index (χ0n) is 11.2. The van der Waals surface area contributed by atoms with Crippen molar-refractivity contribution >= 4 is 0 Å². The second-order valence-electron chi connectivity index (χ2n) is 5.81. The lowest BCUT2D eigenvalue weighted by atomic mass is 10.1. The largest absolute Gasteiger partial charge is 0.390 e. The van der Waals surface area contributed by atoms with Crippen molar-refractivity contribution in [3.8, 4) is 0 Å². The summed E-state index contributed by atoms with van der Waals surface area (Å²) >= 11 is 0. The van der Waals surface area contributed by atoms with Crippen LogP contribution in [-0.4, -0.2) is 73.4 Å². The summed E-state index contributed by atoms with van der Waals surface area (Å²) in [5, 5.41) is 13.2. The van der Waals surface area contributed by atoms with Crippen molar-refractivity contribution in [3.05, 3.63) is 0 Å². The average Bonchev–Trinajstić information content (AvgIpc) is 2.25. The van der Waals surface area contributed by atoms with Gasteiger partial charge in [0.25, 0.3) is 0 Å². The van der Waals surface area contributed by atoms with Gasteiger partial charge in [-0.15, -0.1) is 0 Å². The Balaban J connectivity index is 2.38. The van der Waals surface area contributed by atoms with Crippen LogP contribution < -0.4 is 5.32 Å². The van der Waals surface area contributed by atoms with Crippen LogP contribution in [0.3, 0.4) is 0 Å². The van der Waals surface area contributed by atoms with Crippen LogP contribution in [0.4, 0.5) is 0 Å². The highest BCUT2D eigenvalue weighted by molar-refractivity contribution is 4.87. The van der Waals surface area contributed by atoms with Crippen molar-refractivity contribution in [2.24, 2.45) is 0 Å². The number of rotatable bonds is 4. The van der Waals surface area contributed by atoms with E-state index in [1.165, 1.54) is 0 Å². The molecule has 2 N–H and O–H groups in total. The summed E-state index contributed by atoms with van der Waals surface area (Å²) in [5.41, 5.74) is 0.107. The summed E-state index contributed by atoms with van der Waals surface area (Å²) < 4.78 is 0. The molecule has 1 heterocycles. The fourth-order valence-corrected chi connectivity index (χ4v) is 2.22. The van der Waals surface area contributed by atoms with Crippen LogP contribution in [0, 0.1) is 0 Å². The molecule has 4 heteroatoms. The normalized spacial score (nSPS) is 27.0. The standard InChI is InChI=1S/C12H27N3O/c1-12(2)10-15(7-5-6-14(3)4)9-11(16)8-13-12/h11,13,16H,5-10H2,1-4H3. The molecule has 0 bridgehead atoms. The molecular weight excluding hydrogens is 202 g/mol. The van der Waals surface area contributed by atoms with Gasteiger partial charge in [-0.3, -0.25) is 4.90 Å². The van der Waals surface area contributed by atoms with E-state index < -0.39 is 0 Å². The Kier molecular flexibility index (Phi) is 5.18. The van der Waals surface area contributed by atoms with E-state index in [1.54, 1.807) is 0 Å². The van der Waals surface area contributed by atoms with Gasteiger partial charge in [-0.2, -0.15) is 0 Å². The molecule has 0 aromatic rings. The molecule has 4 nitrogen and oxygen atoms in total. The van der Waals surface area contributed by atoms with E-state index >= 15 is 0 Å². The Morgan fingerprint density at radius 1 is 1.44 bits per heavy atom. The van der Waals surface area contributed by atoms with E-state index in [0.29, 0.717) is 6.54 Å². The average molecular weight is 229 g/mol. The zero-order valence-corrected chi connectivity index (χ0v) is 11.2. The molecule has 0 amide bonds. The fraction of sp³-hybridized carbons (Fsp3) is 1.00. The molecule has 0 aromatic carbocycles. The minimum atomic E-state index is -0.235. The molecule has 0 saturated carbocycles.